The molecular weight excluding hydrogens is 408 g/mol. The number of benzene rings is 4. The minimum Gasteiger partial charge on any atom is -0.493 e. The van der Waals surface area contributed by atoms with Crippen LogP contribution in [0.2, 0.25) is 0 Å². The van der Waals surface area contributed by atoms with Gasteiger partial charge in [-0.3, -0.25) is 9.98 Å². The second-order valence-corrected chi connectivity index (χ2v) is 7.31. The Morgan fingerprint density at radius 3 is 1.33 bits per heavy atom. The van der Waals surface area contributed by atoms with E-state index in [0.717, 1.165) is 40.4 Å². The molecule has 4 aromatic carbocycles. The molecule has 0 aromatic heterocycles. The summed E-state index contributed by atoms with van der Waals surface area (Å²) in [5.41, 5.74) is 3.72. The second-order valence-electron chi connectivity index (χ2n) is 7.31. The van der Waals surface area contributed by atoms with E-state index in [-0.39, 0.29) is 0 Å². The van der Waals surface area contributed by atoms with E-state index in [9.17, 15) is 0 Å². The molecule has 0 unspecified atom stereocenters. The number of aliphatic imine (C=N–C) groups is 2. The van der Waals surface area contributed by atoms with Gasteiger partial charge in [-0.1, -0.05) is 60.7 Å². The first-order valence-electron chi connectivity index (χ1n) is 11.0. The van der Waals surface area contributed by atoms with Gasteiger partial charge in [0.05, 0.1) is 24.6 Å². The molecule has 0 aliphatic heterocycles. The van der Waals surface area contributed by atoms with Crippen molar-refractivity contribution in [1.29, 1.82) is 0 Å². The zero-order valence-corrected chi connectivity index (χ0v) is 18.4. The van der Waals surface area contributed by atoms with Gasteiger partial charge in [-0.2, -0.15) is 0 Å². The molecular formula is C29H26N2O2. The van der Waals surface area contributed by atoms with Crippen molar-refractivity contribution in [1.82, 2.24) is 0 Å². The van der Waals surface area contributed by atoms with Crippen LogP contribution in [0.3, 0.4) is 0 Å². The van der Waals surface area contributed by atoms with Crippen LogP contribution in [0.1, 0.15) is 17.5 Å². The average molecular weight is 435 g/mol. The molecule has 4 aromatic rings. The lowest BCUT2D eigenvalue weighted by Crippen LogP contribution is -2.07. The van der Waals surface area contributed by atoms with Gasteiger partial charge in [0.25, 0.3) is 0 Å². The Hall–Kier alpha value is -4.18. The van der Waals surface area contributed by atoms with E-state index in [1.807, 2.05) is 122 Å². The van der Waals surface area contributed by atoms with Crippen molar-refractivity contribution in [3.63, 3.8) is 0 Å². The average Bonchev–Trinajstić information content (AvgIpc) is 2.88. The Morgan fingerprint density at radius 1 is 0.485 bits per heavy atom. The standard InChI is InChI=1S/C29H26N2O2/c1-3-14-26(15-4-1)30-22-24-12-7-9-18-28(24)32-20-11-21-33-29-19-10-8-13-25(29)23-31-27-16-5-2-6-17-27/h1-10,12-19,22-23H,11,20-21H2. The minimum absolute atomic E-state index is 0.552. The smallest absolute Gasteiger partial charge is 0.128 e. The largest absolute Gasteiger partial charge is 0.493 e. The normalized spacial score (nSPS) is 11.2. The zero-order chi connectivity index (χ0) is 22.6. The first kappa shape index (κ1) is 22.0. The van der Waals surface area contributed by atoms with E-state index in [1.54, 1.807) is 0 Å². The Balaban J connectivity index is 1.29. The number of hydrogen-bond donors (Lipinski definition) is 0. The lowest BCUT2D eigenvalue weighted by Gasteiger charge is -2.11. The maximum absolute atomic E-state index is 6.00. The highest BCUT2D eigenvalue weighted by atomic mass is 16.5. The molecule has 0 atom stereocenters. The second kappa shape index (κ2) is 12.0. The molecule has 4 rings (SSSR count). The predicted octanol–water partition coefficient (Wildman–Crippen LogP) is 7.04. The van der Waals surface area contributed by atoms with Crippen molar-refractivity contribution in [2.75, 3.05) is 13.2 Å². The van der Waals surface area contributed by atoms with E-state index in [0.29, 0.717) is 13.2 Å². The lowest BCUT2D eigenvalue weighted by atomic mass is 10.2. The van der Waals surface area contributed by atoms with Crippen LogP contribution >= 0.6 is 0 Å². The van der Waals surface area contributed by atoms with E-state index in [1.165, 1.54) is 0 Å². The minimum atomic E-state index is 0.552. The fraction of sp³-hybridized carbons (Fsp3) is 0.103. The van der Waals surface area contributed by atoms with Crippen molar-refractivity contribution in [3.8, 4) is 11.5 Å². The molecule has 0 spiro atoms. The van der Waals surface area contributed by atoms with Gasteiger partial charge in [-0.25, -0.2) is 0 Å². The quantitative estimate of drug-likeness (QED) is 0.198. The summed E-state index contributed by atoms with van der Waals surface area (Å²) < 4.78 is 12.0. The molecule has 0 amide bonds. The highest BCUT2D eigenvalue weighted by molar-refractivity contribution is 5.86. The first-order valence-corrected chi connectivity index (χ1v) is 11.0. The molecule has 164 valence electrons. The molecule has 0 saturated carbocycles. The van der Waals surface area contributed by atoms with Gasteiger partial charge in [0.1, 0.15) is 11.5 Å². The molecule has 0 heterocycles. The molecule has 0 bridgehead atoms. The Morgan fingerprint density at radius 2 is 0.879 bits per heavy atom. The maximum Gasteiger partial charge on any atom is 0.128 e. The summed E-state index contributed by atoms with van der Waals surface area (Å²) in [5.74, 6) is 1.63. The zero-order valence-electron chi connectivity index (χ0n) is 18.4. The van der Waals surface area contributed by atoms with Gasteiger partial charge < -0.3 is 9.47 Å². The summed E-state index contributed by atoms with van der Waals surface area (Å²) >= 11 is 0. The number of rotatable bonds is 10. The highest BCUT2D eigenvalue weighted by Gasteiger charge is 2.03. The Bertz CT molecular complexity index is 1090. The number of ether oxygens (including phenoxy) is 2. The van der Waals surface area contributed by atoms with Gasteiger partial charge in [-0.05, 0) is 48.5 Å². The van der Waals surface area contributed by atoms with Crippen LogP contribution < -0.4 is 9.47 Å². The lowest BCUT2D eigenvalue weighted by molar-refractivity contribution is 0.247. The molecule has 0 fully saturated rings. The molecule has 0 radical (unpaired) electrons. The van der Waals surface area contributed by atoms with Gasteiger partial charge in [0, 0.05) is 30.0 Å². The third-order valence-electron chi connectivity index (χ3n) is 4.86. The summed E-state index contributed by atoms with van der Waals surface area (Å²) in [4.78, 5) is 9.06. The molecule has 33 heavy (non-hydrogen) atoms. The fourth-order valence-corrected chi connectivity index (χ4v) is 3.18. The van der Waals surface area contributed by atoms with E-state index in [4.69, 9.17) is 9.47 Å². The van der Waals surface area contributed by atoms with E-state index >= 15 is 0 Å². The van der Waals surface area contributed by atoms with Gasteiger partial charge >= 0.3 is 0 Å². The van der Waals surface area contributed by atoms with Gasteiger partial charge in [0.2, 0.25) is 0 Å². The van der Waals surface area contributed by atoms with Crippen LogP contribution in [0.25, 0.3) is 0 Å². The molecule has 0 aliphatic carbocycles. The summed E-state index contributed by atoms with van der Waals surface area (Å²) in [6.45, 7) is 1.10. The molecule has 0 N–H and O–H groups in total. The molecule has 4 heteroatoms. The summed E-state index contributed by atoms with van der Waals surface area (Å²) in [6, 6.07) is 35.6. The third-order valence-corrected chi connectivity index (χ3v) is 4.86. The first-order chi connectivity index (χ1) is 16.4. The van der Waals surface area contributed by atoms with Crippen LogP contribution in [0.5, 0.6) is 11.5 Å². The van der Waals surface area contributed by atoms with Gasteiger partial charge in [0.15, 0.2) is 0 Å². The maximum atomic E-state index is 6.00. The molecule has 0 saturated heterocycles. The number of hydrogen-bond acceptors (Lipinski definition) is 4. The van der Waals surface area contributed by atoms with Crippen molar-refractivity contribution in [3.05, 3.63) is 120 Å². The van der Waals surface area contributed by atoms with Crippen LogP contribution in [-0.4, -0.2) is 25.6 Å². The number of nitrogens with zero attached hydrogens (tertiary/aromatic N) is 2. The molecule has 4 nitrogen and oxygen atoms in total. The predicted molar refractivity (Wildman–Crippen MR) is 136 cm³/mol. The van der Waals surface area contributed by atoms with Gasteiger partial charge in [-0.15, -0.1) is 0 Å². The van der Waals surface area contributed by atoms with E-state index < -0.39 is 0 Å². The summed E-state index contributed by atoms with van der Waals surface area (Å²) in [7, 11) is 0. The number of para-hydroxylation sites is 4. The Kier molecular flexibility index (Phi) is 8.02. The van der Waals surface area contributed by atoms with Crippen LogP contribution in [0.15, 0.2) is 119 Å². The summed E-state index contributed by atoms with van der Waals surface area (Å²) in [5, 5.41) is 0. The monoisotopic (exact) mass is 434 g/mol. The van der Waals surface area contributed by atoms with Crippen LogP contribution in [0, 0.1) is 0 Å². The topological polar surface area (TPSA) is 43.2 Å². The Labute approximate surface area is 194 Å². The van der Waals surface area contributed by atoms with Crippen molar-refractivity contribution in [2.45, 2.75) is 6.42 Å². The van der Waals surface area contributed by atoms with Crippen molar-refractivity contribution >= 4 is 23.8 Å². The molecule has 0 aliphatic rings. The fourth-order valence-electron chi connectivity index (χ4n) is 3.18. The SMILES string of the molecule is C(=Nc1ccccc1)c1ccccc1OCCCOc1ccccc1C=Nc1ccccc1. The van der Waals surface area contributed by atoms with E-state index in [2.05, 4.69) is 9.98 Å². The van der Waals surface area contributed by atoms with Crippen molar-refractivity contribution < 1.29 is 9.47 Å². The third kappa shape index (κ3) is 6.91. The van der Waals surface area contributed by atoms with Crippen molar-refractivity contribution in [2.24, 2.45) is 9.98 Å². The van der Waals surface area contributed by atoms with Crippen LogP contribution in [0.4, 0.5) is 11.4 Å². The van der Waals surface area contributed by atoms with Crippen LogP contribution in [-0.2, 0) is 0 Å². The summed E-state index contributed by atoms with van der Waals surface area (Å²) in [6.07, 6.45) is 4.43. The highest BCUT2D eigenvalue weighted by Crippen LogP contribution is 2.20.